The highest BCUT2D eigenvalue weighted by Crippen LogP contribution is 2.36. The number of hydrogen-bond donors (Lipinski definition) is 0. The molecule has 0 aliphatic rings. The fourth-order valence-electron chi connectivity index (χ4n) is 3.52. The Hall–Kier alpha value is -2.61. The molecule has 3 aromatic rings. The van der Waals surface area contributed by atoms with Crippen molar-refractivity contribution in [3.05, 3.63) is 72.1 Å². The monoisotopic (exact) mass is 345 g/mol. The molecule has 1 aromatic carbocycles. The Morgan fingerprint density at radius 2 is 1.88 bits per heavy atom. The molecule has 0 N–H and O–H groups in total. The van der Waals surface area contributed by atoms with Crippen LogP contribution in [0.5, 0.6) is 0 Å². The van der Waals surface area contributed by atoms with E-state index in [1.165, 1.54) is 27.7 Å². The van der Waals surface area contributed by atoms with E-state index < -0.39 is 0 Å². The molecule has 0 spiro atoms. The summed E-state index contributed by atoms with van der Waals surface area (Å²) in [6.45, 7) is 15.2. The number of pyridine rings is 1. The molecule has 2 aromatic heterocycles. The van der Waals surface area contributed by atoms with Gasteiger partial charge in [-0.05, 0) is 48.6 Å². The molecule has 0 saturated carbocycles. The summed E-state index contributed by atoms with van der Waals surface area (Å²) in [6, 6.07) is 13.1. The topological polar surface area (TPSA) is 8.81 Å². The molecule has 0 saturated heterocycles. The zero-order valence-electron chi connectivity index (χ0n) is 16.8. The first-order valence-corrected chi connectivity index (χ1v) is 9.18. The number of allylic oxidation sites excluding steroid dienone is 2. The summed E-state index contributed by atoms with van der Waals surface area (Å²) in [5, 5.41) is 1.28. The Balaban J connectivity index is 2.49. The average molecular weight is 346 g/mol. The van der Waals surface area contributed by atoms with Gasteiger partial charge in [-0.2, -0.15) is 4.57 Å². The van der Waals surface area contributed by atoms with Gasteiger partial charge < -0.3 is 0 Å². The van der Waals surface area contributed by atoms with Gasteiger partial charge in [-0.1, -0.05) is 51.6 Å². The lowest BCUT2D eigenvalue weighted by Gasteiger charge is -2.18. The lowest BCUT2D eigenvalue weighted by molar-refractivity contribution is -0.665. The quantitative estimate of drug-likeness (QED) is 0.529. The largest absolute Gasteiger partial charge is 0.286 e. The van der Waals surface area contributed by atoms with Gasteiger partial charge in [-0.3, -0.25) is 0 Å². The molecule has 0 bridgehead atoms. The Labute approximate surface area is 157 Å². The maximum Gasteiger partial charge on any atom is 0.286 e. The first kappa shape index (κ1) is 18.2. The molecule has 0 aliphatic carbocycles. The molecule has 0 aliphatic heterocycles. The van der Waals surface area contributed by atoms with Crippen LogP contribution in [0.25, 0.3) is 28.4 Å². The standard InChI is InChI=1S/C24H29N2/c1-8-11-19-20-16-18(24(4,5)6)13-14-21(20)26(23(19)17(2)3)22-12-9-10-15-25(22)7/h8-16H,2H2,1,3-7H3/q+1. The minimum Gasteiger partial charge on any atom is -0.237 e. The molecule has 134 valence electrons. The summed E-state index contributed by atoms with van der Waals surface area (Å²) in [4.78, 5) is 0. The van der Waals surface area contributed by atoms with Crippen LogP contribution in [0.2, 0.25) is 0 Å². The summed E-state index contributed by atoms with van der Waals surface area (Å²) in [5.74, 6) is 1.13. The molecule has 0 fully saturated rings. The molecule has 3 rings (SSSR count). The Bertz CT molecular complexity index is 1010. The van der Waals surface area contributed by atoms with E-state index in [9.17, 15) is 0 Å². The fourth-order valence-corrected chi connectivity index (χ4v) is 3.52. The van der Waals surface area contributed by atoms with E-state index >= 15 is 0 Å². The number of aromatic nitrogens is 2. The Kier molecular flexibility index (Phi) is 4.62. The molecular weight excluding hydrogens is 316 g/mol. The maximum atomic E-state index is 4.29. The highest BCUT2D eigenvalue weighted by Gasteiger charge is 2.26. The molecule has 2 heterocycles. The summed E-state index contributed by atoms with van der Waals surface area (Å²) in [6.07, 6.45) is 6.40. The van der Waals surface area contributed by atoms with Crippen LogP contribution in [0.3, 0.4) is 0 Å². The zero-order chi connectivity index (χ0) is 19.1. The molecule has 0 amide bonds. The van der Waals surface area contributed by atoms with E-state index in [0.29, 0.717) is 0 Å². The van der Waals surface area contributed by atoms with E-state index in [4.69, 9.17) is 0 Å². The molecule has 2 heteroatoms. The van der Waals surface area contributed by atoms with Crippen LogP contribution in [-0.4, -0.2) is 4.57 Å². The normalized spacial score (nSPS) is 12.2. The van der Waals surface area contributed by atoms with Crippen molar-refractivity contribution in [2.45, 2.75) is 40.0 Å². The van der Waals surface area contributed by atoms with Crippen molar-refractivity contribution in [2.24, 2.45) is 7.05 Å². The molecule has 0 radical (unpaired) electrons. The van der Waals surface area contributed by atoms with Crippen molar-refractivity contribution in [3.63, 3.8) is 0 Å². The van der Waals surface area contributed by atoms with Gasteiger partial charge in [-0.15, -0.1) is 0 Å². The van der Waals surface area contributed by atoms with E-state index in [0.717, 1.165) is 11.4 Å². The average Bonchev–Trinajstić information content (AvgIpc) is 2.89. The molecule has 2 nitrogen and oxygen atoms in total. The van der Waals surface area contributed by atoms with E-state index in [2.05, 4.69) is 112 Å². The fraction of sp³-hybridized carbons (Fsp3) is 0.292. The summed E-state index contributed by atoms with van der Waals surface area (Å²) >= 11 is 0. The van der Waals surface area contributed by atoms with E-state index in [1.54, 1.807) is 0 Å². The number of hydrogen-bond acceptors (Lipinski definition) is 0. The third-order valence-electron chi connectivity index (χ3n) is 4.87. The van der Waals surface area contributed by atoms with Crippen molar-refractivity contribution < 1.29 is 4.57 Å². The van der Waals surface area contributed by atoms with Crippen LogP contribution in [0.15, 0.2) is 55.3 Å². The second kappa shape index (κ2) is 6.60. The van der Waals surface area contributed by atoms with Gasteiger partial charge in [0, 0.05) is 17.0 Å². The van der Waals surface area contributed by atoms with Gasteiger partial charge in [-0.25, -0.2) is 4.57 Å². The molecular formula is C24H29N2+. The number of nitrogens with zero attached hydrogens (tertiary/aromatic N) is 2. The number of fused-ring (bicyclic) bond motifs is 1. The van der Waals surface area contributed by atoms with Gasteiger partial charge in [0.25, 0.3) is 5.82 Å². The van der Waals surface area contributed by atoms with Crippen LogP contribution >= 0.6 is 0 Å². The van der Waals surface area contributed by atoms with E-state index in [1.807, 2.05) is 0 Å². The van der Waals surface area contributed by atoms with Gasteiger partial charge in [0.1, 0.15) is 11.2 Å². The highest BCUT2D eigenvalue weighted by atomic mass is 15.1. The van der Waals surface area contributed by atoms with Gasteiger partial charge in [0.05, 0.1) is 13.2 Å². The van der Waals surface area contributed by atoms with Crippen molar-refractivity contribution in [3.8, 4) is 5.82 Å². The van der Waals surface area contributed by atoms with E-state index in [-0.39, 0.29) is 5.41 Å². The lowest BCUT2D eigenvalue weighted by Crippen LogP contribution is -2.33. The van der Waals surface area contributed by atoms with Crippen molar-refractivity contribution in [1.82, 2.24) is 4.57 Å². The van der Waals surface area contributed by atoms with Crippen molar-refractivity contribution in [2.75, 3.05) is 0 Å². The van der Waals surface area contributed by atoms with Crippen molar-refractivity contribution in [1.29, 1.82) is 0 Å². The van der Waals surface area contributed by atoms with Crippen LogP contribution < -0.4 is 4.57 Å². The van der Waals surface area contributed by atoms with Crippen LogP contribution in [0.4, 0.5) is 0 Å². The Morgan fingerprint density at radius 3 is 2.46 bits per heavy atom. The number of aryl methyl sites for hydroxylation is 1. The second-order valence-corrected chi connectivity index (χ2v) is 8.03. The van der Waals surface area contributed by atoms with Crippen molar-refractivity contribution >= 4 is 22.6 Å². The van der Waals surface area contributed by atoms with Crippen LogP contribution in [0.1, 0.15) is 51.4 Å². The molecule has 26 heavy (non-hydrogen) atoms. The maximum absolute atomic E-state index is 4.29. The first-order chi connectivity index (χ1) is 12.3. The minimum atomic E-state index is 0.115. The molecule has 0 atom stereocenters. The second-order valence-electron chi connectivity index (χ2n) is 8.03. The number of benzene rings is 1. The minimum absolute atomic E-state index is 0.115. The third-order valence-corrected chi connectivity index (χ3v) is 4.87. The van der Waals surface area contributed by atoms with Crippen LogP contribution in [-0.2, 0) is 12.5 Å². The lowest BCUT2D eigenvalue weighted by atomic mass is 9.86. The first-order valence-electron chi connectivity index (χ1n) is 9.18. The predicted octanol–water partition coefficient (Wildman–Crippen LogP) is 5.82. The summed E-state index contributed by atoms with van der Waals surface area (Å²) in [7, 11) is 2.09. The summed E-state index contributed by atoms with van der Waals surface area (Å²) < 4.78 is 4.49. The van der Waals surface area contributed by atoms with Crippen LogP contribution in [0, 0.1) is 0 Å². The SMILES string of the molecule is C=C(C)c1c(C=CC)c2cc(C(C)(C)C)ccc2n1-c1cccc[n+]1C. The smallest absolute Gasteiger partial charge is 0.237 e. The van der Waals surface area contributed by atoms with Gasteiger partial charge in [0.15, 0.2) is 0 Å². The van der Waals surface area contributed by atoms with Gasteiger partial charge in [0.2, 0.25) is 0 Å². The molecule has 0 unspecified atom stereocenters. The predicted molar refractivity (Wildman–Crippen MR) is 113 cm³/mol. The van der Waals surface area contributed by atoms with Gasteiger partial charge >= 0.3 is 0 Å². The zero-order valence-corrected chi connectivity index (χ0v) is 16.8. The Morgan fingerprint density at radius 1 is 1.15 bits per heavy atom. The summed E-state index contributed by atoms with van der Waals surface area (Å²) in [5.41, 5.74) is 6.15. The highest BCUT2D eigenvalue weighted by molar-refractivity contribution is 5.97. The number of rotatable bonds is 3. The third kappa shape index (κ3) is 3.01.